The summed E-state index contributed by atoms with van der Waals surface area (Å²) in [7, 11) is 1.62. The summed E-state index contributed by atoms with van der Waals surface area (Å²) in [6.07, 6.45) is 1.76. The molecule has 0 spiro atoms. The van der Waals surface area contributed by atoms with Crippen molar-refractivity contribution in [2.24, 2.45) is 4.99 Å². The quantitative estimate of drug-likeness (QED) is 0.601. The van der Waals surface area contributed by atoms with Crippen molar-refractivity contribution in [2.75, 3.05) is 7.11 Å². The number of fused-ring (bicyclic) bond motifs is 1. The topological polar surface area (TPSA) is 88.0 Å². The van der Waals surface area contributed by atoms with Gasteiger partial charge in [0.25, 0.3) is 5.91 Å². The first kappa shape index (κ1) is 19.7. The molecule has 3 aromatic carbocycles. The molecule has 1 fully saturated rings. The second-order valence-corrected chi connectivity index (χ2v) is 7.66. The first-order chi connectivity index (χ1) is 14.5. The molecule has 0 aromatic heterocycles. The third-order valence-electron chi connectivity index (χ3n) is 4.57. The molecule has 2 N–H and O–H groups in total. The van der Waals surface area contributed by atoms with Gasteiger partial charge >= 0.3 is 5.97 Å². The highest BCUT2D eigenvalue weighted by molar-refractivity contribution is 8.18. The summed E-state index contributed by atoms with van der Waals surface area (Å²) < 4.78 is 5.61. The van der Waals surface area contributed by atoms with E-state index in [1.807, 2.05) is 36.4 Å². The molecule has 3 aromatic rings. The number of carbonyl (C=O) groups is 2. The molecule has 0 unspecified atom stereocenters. The van der Waals surface area contributed by atoms with Crippen LogP contribution < -0.4 is 10.1 Å². The number of aliphatic imine (C=N–C) groups is 1. The van der Waals surface area contributed by atoms with Gasteiger partial charge in [-0.05, 0) is 40.9 Å². The summed E-state index contributed by atoms with van der Waals surface area (Å²) in [5, 5.41) is 14.1. The standard InChI is InChI=1S/C23H18N2O4S/c1-29-21-16(9-8-15-4-2-3-5-18(15)21)13-19-22(28)25-23(30-19)24-17-10-6-14(7-11-17)12-20(26)27/h2-11,13H,12H2,1H3,(H,26,27)(H,24,25,28)/b19-13-. The monoisotopic (exact) mass is 418 g/mol. The molecule has 1 aliphatic heterocycles. The molecule has 7 heteroatoms. The molecule has 4 rings (SSSR count). The molecule has 1 heterocycles. The minimum Gasteiger partial charge on any atom is -0.495 e. The number of methoxy groups -OCH3 is 1. The fourth-order valence-electron chi connectivity index (χ4n) is 3.20. The molecule has 0 atom stereocenters. The maximum absolute atomic E-state index is 12.4. The van der Waals surface area contributed by atoms with Crippen LogP contribution in [0.2, 0.25) is 0 Å². The number of nitrogens with one attached hydrogen (secondary N) is 1. The van der Waals surface area contributed by atoms with Crippen LogP contribution in [0.15, 0.2) is 70.6 Å². The van der Waals surface area contributed by atoms with Crippen molar-refractivity contribution < 1.29 is 19.4 Å². The van der Waals surface area contributed by atoms with E-state index in [1.165, 1.54) is 11.8 Å². The predicted octanol–water partition coefficient (Wildman–Crippen LogP) is 4.37. The molecule has 1 aliphatic rings. The fraction of sp³-hybridized carbons (Fsp3) is 0.0870. The van der Waals surface area contributed by atoms with Gasteiger partial charge in [0, 0.05) is 10.9 Å². The van der Waals surface area contributed by atoms with Crippen molar-refractivity contribution in [2.45, 2.75) is 6.42 Å². The van der Waals surface area contributed by atoms with Crippen molar-refractivity contribution in [1.29, 1.82) is 0 Å². The summed E-state index contributed by atoms with van der Waals surface area (Å²) in [5.74, 6) is -0.392. The molecular formula is C23H18N2O4S. The molecular weight excluding hydrogens is 400 g/mol. The zero-order valence-electron chi connectivity index (χ0n) is 16.1. The van der Waals surface area contributed by atoms with Gasteiger partial charge in [-0.25, -0.2) is 4.99 Å². The number of aliphatic carboxylic acids is 1. The Balaban J connectivity index is 1.59. The van der Waals surface area contributed by atoms with Gasteiger partial charge in [-0.1, -0.05) is 48.5 Å². The first-order valence-corrected chi connectivity index (χ1v) is 10.0. The summed E-state index contributed by atoms with van der Waals surface area (Å²) in [6.45, 7) is 0. The summed E-state index contributed by atoms with van der Waals surface area (Å²) in [4.78, 5) is 28.2. The number of ether oxygens (including phenoxy) is 1. The number of benzene rings is 3. The molecule has 1 saturated heterocycles. The number of carbonyl (C=O) groups excluding carboxylic acids is 1. The zero-order valence-corrected chi connectivity index (χ0v) is 16.9. The number of hydrogen-bond donors (Lipinski definition) is 2. The summed E-state index contributed by atoms with van der Waals surface area (Å²) in [6, 6.07) is 18.7. The van der Waals surface area contributed by atoms with E-state index < -0.39 is 5.97 Å². The Morgan fingerprint density at radius 3 is 2.63 bits per heavy atom. The zero-order chi connectivity index (χ0) is 21.1. The summed E-state index contributed by atoms with van der Waals surface area (Å²) >= 11 is 1.25. The van der Waals surface area contributed by atoms with Crippen LogP contribution in [0.3, 0.4) is 0 Å². The van der Waals surface area contributed by atoms with E-state index in [2.05, 4.69) is 10.3 Å². The van der Waals surface area contributed by atoms with Crippen LogP contribution in [0.5, 0.6) is 5.75 Å². The van der Waals surface area contributed by atoms with Crippen molar-refractivity contribution in [3.05, 3.63) is 76.7 Å². The highest BCUT2D eigenvalue weighted by atomic mass is 32.2. The Kier molecular flexibility index (Phi) is 5.54. The number of thioether (sulfide) groups is 1. The number of carboxylic acids is 1. The van der Waals surface area contributed by atoms with Crippen LogP contribution in [0, 0.1) is 0 Å². The third-order valence-corrected chi connectivity index (χ3v) is 5.48. The van der Waals surface area contributed by atoms with Crippen molar-refractivity contribution in [3.63, 3.8) is 0 Å². The van der Waals surface area contributed by atoms with Gasteiger partial charge in [-0.15, -0.1) is 0 Å². The number of hydrogen-bond acceptors (Lipinski definition) is 5. The molecule has 30 heavy (non-hydrogen) atoms. The minimum atomic E-state index is -0.883. The van der Waals surface area contributed by atoms with Gasteiger partial charge in [-0.3, -0.25) is 9.59 Å². The van der Waals surface area contributed by atoms with Crippen molar-refractivity contribution in [3.8, 4) is 5.75 Å². The number of nitrogens with zero attached hydrogens (tertiary/aromatic N) is 1. The van der Waals surface area contributed by atoms with Crippen molar-refractivity contribution >= 4 is 51.3 Å². The van der Waals surface area contributed by atoms with Crippen LogP contribution in [0.4, 0.5) is 5.69 Å². The maximum Gasteiger partial charge on any atom is 0.307 e. The lowest BCUT2D eigenvalue weighted by atomic mass is 10.0. The number of amides is 1. The second-order valence-electron chi connectivity index (χ2n) is 6.63. The highest BCUT2D eigenvalue weighted by Crippen LogP contribution is 2.34. The number of rotatable bonds is 5. The molecule has 0 aliphatic carbocycles. The lowest BCUT2D eigenvalue weighted by Gasteiger charge is -2.09. The van der Waals surface area contributed by atoms with E-state index in [4.69, 9.17) is 9.84 Å². The normalized spacial score (nSPS) is 16.2. The Morgan fingerprint density at radius 2 is 1.90 bits per heavy atom. The fourth-order valence-corrected chi connectivity index (χ4v) is 4.04. The average molecular weight is 418 g/mol. The van der Waals surface area contributed by atoms with E-state index in [1.54, 1.807) is 37.5 Å². The smallest absolute Gasteiger partial charge is 0.307 e. The maximum atomic E-state index is 12.4. The van der Waals surface area contributed by atoms with Crippen LogP contribution in [0.1, 0.15) is 11.1 Å². The van der Waals surface area contributed by atoms with Gasteiger partial charge in [0.1, 0.15) is 5.75 Å². The highest BCUT2D eigenvalue weighted by Gasteiger charge is 2.24. The lowest BCUT2D eigenvalue weighted by Crippen LogP contribution is -2.19. The average Bonchev–Trinajstić information content (AvgIpc) is 3.07. The summed E-state index contributed by atoms with van der Waals surface area (Å²) in [5.41, 5.74) is 2.14. The number of amidine groups is 1. The Morgan fingerprint density at radius 1 is 1.13 bits per heavy atom. The van der Waals surface area contributed by atoms with E-state index in [0.29, 0.717) is 27.1 Å². The van der Waals surface area contributed by atoms with E-state index in [9.17, 15) is 9.59 Å². The van der Waals surface area contributed by atoms with Crippen LogP contribution in [-0.2, 0) is 16.0 Å². The molecule has 6 nitrogen and oxygen atoms in total. The third kappa shape index (κ3) is 4.21. The second kappa shape index (κ2) is 8.42. The van der Waals surface area contributed by atoms with Crippen LogP contribution in [0.25, 0.3) is 16.8 Å². The largest absolute Gasteiger partial charge is 0.495 e. The first-order valence-electron chi connectivity index (χ1n) is 9.19. The number of carboxylic acid groups (broad SMARTS) is 1. The molecule has 0 saturated carbocycles. The minimum absolute atomic E-state index is 0.0389. The van der Waals surface area contributed by atoms with Gasteiger partial charge in [0.05, 0.1) is 24.1 Å². The molecule has 0 bridgehead atoms. The predicted molar refractivity (Wildman–Crippen MR) is 119 cm³/mol. The van der Waals surface area contributed by atoms with Gasteiger partial charge in [0.2, 0.25) is 0 Å². The van der Waals surface area contributed by atoms with Gasteiger partial charge < -0.3 is 15.2 Å². The van der Waals surface area contributed by atoms with E-state index >= 15 is 0 Å². The Hall–Kier alpha value is -3.58. The Bertz CT molecular complexity index is 1200. The van der Waals surface area contributed by atoms with E-state index in [-0.39, 0.29) is 12.3 Å². The molecule has 1 amide bonds. The van der Waals surface area contributed by atoms with Crippen molar-refractivity contribution in [1.82, 2.24) is 5.32 Å². The van der Waals surface area contributed by atoms with Crippen LogP contribution in [-0.4, -0.2) is 29.3 Å². The van der Waals surface area contributed by atoms with Gasteiger partial charge in [-0.2, -0.15) is 0 Å². The van der Waals surface area contributed by atoms with E-state index in [0.717, 1.165) is 16.3 Å². The SMILES string of the molecule is COc1c(/C=C2\SC(=Nc3ccc(CC(=O)O)cc3)NC2=O)ccc2ccccc12. The molecule has 150 valence electrons. The lowest BCUT2D eigenvalue weighted by molar-refractivity contribution is -0.136. The van der Waals surface area contributed by atoms with Crippen LogP contribution >= 0.6 is 11.8 Å². The van der Waals surface area contributed by atoms with Gasteiger partial charge in [0.15, 0.2) is 5.17 Å². The Labute approximate surface area is 177 Å². The molecule has 0 radical (unpaired) electrons.